The maximum absolute atomic E-state index is 12.4. The number of aromatic nitrogens is 2. The van der Waals surface area contributed by atoms with Gasteiger partial charge in [-0.25, -0.2) is 4.98 Å². The molecule has 0 fully saturated rings. The number of nitrogens with one attached hydrogen (secondary N) is 1. The Morgan fingerprint density at radius 3 is 2.65 bits per heavy atom. The molecule has 6 nitrogen and oxygen atoms in total. The highest BCUT2D eigenvalue weighted by molar-refractivity contribution is 5.94. The molecule has 0 saturated heterocycles. The molecule has 132 valence electrons. The molecule has 3 aromatic rings. The molecule has 0 bridgehead atoms. The molecule has 26 heavy (non-hydrogen) atoms. The fourth-order valence-corrected chi connectivity index (χ4v) is 3.34. The standard InChI is InChI=1S/C20H19N3O3/c1-25-14-8-9-17(26-2)16(10-14)23-12-21-19-15(11-18(24)22-20(19)23)13-6-4-3-5-7-13/h3-10,12,15H,11H2,1-2H3,(H,22,24)/t15-/m0/s1. The van der Waals surface area contributed by atoms with Crippen molar-refractivity contribution in [1.82, 2.24) is 9.55 Å². The van der Waals surface area contributed by atoms with Crippen LogP contribution in [-0.4, -0.2) is 29.7 Å². The Kier molecular flexibility index (Phi) is 4.08. The maximum Gasteiger partial charge on any atom is 0.226 e. The highest BCUT2D eigenvalue weighted by atomic mass is 16.5. The first-order valence-corrected chi connectivity index (χ1v) is 8.35. The van der Waals surface area contributed by atoms with Crippen LogP contribution in [0.1, 0.15) is 23.6 Å². The molecule has 6 heteroatoms. The zero-order chi connectivity index (χ0) is 18.1. The molecule has 2 heterocycles. The second-order valence-electron chi connectivity index (χ2n) is 6.10. The van der Waals surface area contributed by atoms with Crippen LogP contribution in [0.4, 0.5) is 5.82 Å². The largest absolute Gasteiger partial charge is 0.497 e. The molecule has 1 aromatic heterocycles. The number of benzene rings is 2. The SMILES string of the molecule is COc1ccc(OC)c(-n2cnc3c2NC(=O)C[C@H]3c2ccccc2)c1. The van der Waals surface area contributed by atoms with Crippen molar-refractivity contribution in [3.05, 3.63) is 66.1 Å². The number of hydrogen-bond acceptors (Lipinski definition) is 4. The summed E-state index contributed by atoms with van der Waals surface area (Å²) in [6.07, 6.45) is 2.09. The molecule has 1 amide bonds. The van der Waals surface area contributed by atoms with E-state index in [1.165, 1.54) is 0 Å². The molecule has 0 unspecified atom stereocenters. The Hall–Kier alpha value is -3.28. The molecule has 1 aliphatic rings. The van der Waals surface area contributed by atoms with Gasteiger partial charge in [0, 0.05) is 18.4 Å². The highest BCUT2D eigenvalue weighted by Crippen LogP contribution is 2.39. The number of methoxy groups -OCH3 is 2. The van der Waals surface area contributed by atoms with Crippen molar-refractivity contribution >= 4 is 11.7 Å². The molecular formula is C20H19N3O3. The lowest BCUT2D eigenvalue weighted by Crippen LogP contribution is -2.25. The lowest BCUT2D eigenvalue weighted by atomic mass is 9.90. The van der Waals surface area contributed by atoms with E-state index in [1.54, 1.807) is 20.5 Å². The number of carbonyl (C=O) groups is 1. The van der Waals surface area contributed by atoms with E-state index in [2.05, 4.69) is 10.3 Å². The fourth-order valence-electron chi connectivity index (χ4n) is 3.34. The third-order valence-corrected chi connectivity index (χ3v) is 4.62. The molecule has 0 spiro atoms. The molecule has 2 aromatic carbocycles. The third-order valence-electron chi connectivity index (χ3n) is 4.62. The van der Waals surface area contributed by atoms with Gasteiger partial charge in [-0.2, -0.15) is 0 Å². The van der Waals surface area contributed by atoms with Crippen molar-refractivity contribution in [2.24, 2.45) is 0 Å². The summed E-state index contributed by atoms with van der Waals surface area (Å²) in [7, 11) is 3.22. The summed E-state index contributed by atoms with van der Waals surface area (Å²) < 4.78 is 12.6. The van der Waals surface area contributed by atoms with Gasteiger partial charge in [0.1, 0.15) is 23.6 Å². The lowest BCUT2D eigenvalue weighted by Gasteiger charge is -2.23. The average Bonchev–Trinajstić information content (AvgIpc) is 3.11. The molecule has 0 radical (unpaired) electrons. The van der Waals surface area contributed by atoms with E-state index in [1.807, 2.05) is 53.1 Å². The quantitative estimate of drug-likeness (QED) is 0.784. The van der Waals surface area contributed by atoms with Gasteiger partial charge in [0.15, 0.2) is 0 Å². The van der Waals surface area contributed by atoms with Crippen LogP contribution >= 0.6 is 0 Å². The minimum absolute atomic E-state index is 0.0324. The highest BCUT2D eigenvalue weighted by Gasteiger charge is 2.31. The number of amides is 1. The molecule has 4 rings (SSSR count). The Labute approximate surface area is 151 Å². The number of nitrogens with zero attached hydrogens (tertiary/aromatic N) is 2. The Balaban J connectivity index is 1.85. The monoisotopic (exact) mass is 349 g/mol. The van der Waals surface area contributed by atoms with E-state index in [4.69, 9.17) is 9.47 Å². The zero-order valence-electron chi connectivity index (χ0n) is 14.6. The first-order chi connectivity index (χ1) is 12.7. The first-order valence-electron chi connectivity index (χ1n) is 8.35. The van der Waals surface area contributed by atoms with Gasteiger partial charge in [-0.15, -0.1) is 0 Å². The lowest BCUT2D eigenvalue weighted by molar-refractivity contribution is -0.116. The number of ether oxygens (including phenoxy) is 2. The smallest absolute Gasteiger partial charge is 0.226 e. The zero-order valence-corrected chi connectivity index (χ0v) is 14.6. The second kappa shape index (κ2) is 6.55. The Morgan fingerprint density at radius 2 is 1.92 bits per heavy atom. The first kappa shape index (κ1) is 16.2. The van der Waals surface area contributed by atoms with Crippen molar-refractivity contribution in [1.29, 1.82) is 0 Å². The predicted octanol–water partition coefficient (Wildman–Crippen LogP) is 3.36. The van der Waals surface area contributed by atoms with Crippen LogP contribution in [0.25, 0.3) is 5.69 Å². The number of carbonyl (C=O) groups excluding carboxylic acids is 1. The van der Waals surface area contributed by atoms with Crippen LogP contribution in [0.15, 0.2) is 54.9 Å². The summed E-state index contributed by atoms with van der Waals surface area (Å²) >= 11 is 0. The van der Waals surface area contributed by atoms with Gasteiger partial charge in [-0.3, -0.25) is 9.36 Å². The van der Waals surface area contributed by atoms with Gasteiger partial charge >= 0.3 is 0 Å². The van der Waals surface area contributed by atoms with E-state index < -0.39 is 0 Å². The normalized spacial score (nSPS) is 15.9. The van der Waals surface area contributed by atoms with Crippen LogP contribution < -0.4 is 14.8 Å². The number of anilines is 1. The van der Waals surface area contributed by atoms with Crippen LogP contribution in [0.3, 0.4) is 0 Å². The molecular weight excluding hydrogens is 330 g/mol. The number of rotatable bonds is 4. The molecule has 1 N–H and O–H groups in total. The molecule has 0 saturated carbocycles. The molecule has 1 aliphatic heterocycles. The third kappa shape index (κ3) is 2.69. The summed E-state index contributed by atoms with van der Waals surface area (Å²) in [6, 6.07) is 15.5. The second-order valence-corrected chi connectivity index (χ2v) is 6.10. The van der Waals surface area contributed by atoms with E-state index in [-0.39, 0.29) is 11.8 Å². The van der Waals surface area contributed by atoms with Crippen molar-refractivity contribution < 1.29 is 14.3 Å². The Bertz CT molecular complexity index is 950. The Morgan fingerprint density at radius 1 is 1.12 bits per heavy atom. The number of hydrogen-bond donors (Lipinski definition) is 1. The van der Waals surface area contributed by atoms with Crippen molar-refractivity contribution in [2.45, 2.75) is 12.3 Å². The van der Waals surface area contributed by atoms with Gasteiger partial charge in [-0.1, -0.05) is 30.3 Å². The minimum atomic E-state index is -0.0715. The summed E-state index contributed by atoms with van der Waals surface area (Å²) in [5.41, 5.74) is 2.68. The van der Waals surface area contributed by atoms with Crippen molar-refractivity contribution in [2.75, 3.05) is 19.5 Å². The van der Waals surface area contributed by atoms with E-state index in [9.17, 15) is 4.79 Å². The van der Waals surface area contributed by atoms with Gasteiger partial charge in [-0.05, 0) is 17.7 Å². The van der Waals surface area contributed by atoms with Gasteiger partial charge < -0.3 is 14.8 Å². The van der Waals surface area contributed by atoms with Gasteiger partial charge in [0.05, 0.1) is 25.6 Å². The average molecular weight is 349 g/mol. The minimum Gasteiger partial charge on any atom is -0.497 e. The number of imidazole rings is 1. The molecule has 0 aliphatic carbocycles. The van der Waals surface area contributed by atoms with E-state index in [0.29, 0.717) is 23.7 Å². The van der Waals surface area contributed by atoms with Crippen molar-refractivity contribution in [3.63, 3.8) is 0 Å². The summed E-state index contributed by atoms with van der Waals surface area (Å²) in [5.74, 6) is 1.93. The van der Waals surface area contributed by atoms with Gasteiger partial charge in [0.2, 0.25) is 5.91 Å². The fraction of sp³-hybridized carbons (Fsp3) is 0.200. The van der Waals surface area contributed by atoms with E-state index >= 15 is 0 Å². The summed E-state index contributed by atoms with van der Waals surface area (Å²) in [4.78, 5) is 17.0. The topological polar surface area (TPSA) is 65.4 Å². The molecule has 1 atom stereocenters. The van der Waals surface area contributed by atoms with Crippen LogP contribution in [0, 0.1) is 0 Å². The number of fused-ring (bicyclic) bond motifs is 1. The van der Waals surface area contributed by atoms with Gasteiger partial charge in [0.25, 0.3) is 0 Å². The van der Waals surface area contributed by atoms with Crippen LogP contribution in [-0.2, 0) is 4.79 Å². The predicted molar refractivity (Wildman–Crippen MR) is 98.2 cm³/mol. The summed E-state index contributed by atoms with van der Waals surface area (Å²) in [5, 5.41) is 2.96. The van der Waals surface area contributed by atoms with Crippen molar-refractivity contribution in [3.8, 4) is 17.2 Å². The van der Waals surface area contributed by atoms with Crippen LogP contribution in [0.2, 0.25) is 0 Å². The maximum atomic E-state index is 12.4. The van der Waals surface area contributed by atoms with E-state index in [0.717, 1.165) is 16.9 Å². The summed E-state index contributed by atoms with van der Waals surface area (Å²) in [6.45, 7) is 0. The van der Waals surface area contributed by atoms with Crippen LogP contribution in [0.5, 0.6) is 11.5 Å².